The monoisotopic (exact) mass is 552 g/mol. The van der Waals surface area contributed by atoms with Crippen LogP contribution in [0.2, 0.25) is 0 Å². The molecule has 40 heavy (non-hydrogen) atoms. The van der Waals surface area contributed by atoms with Crippen LogP contribution in [-0.2, 0) is 4.74 Å². The number of hydrogen-bond donors (Lipinski definition) is 1. The van der Waals surface area contributed by atoms with Crippen LogP contribution in [0.15, 0.2) is 42.6 Å². The molecule has 0 radical (unpaired) electrons. The molecule has 0 aliphatic heterocycles. The van der Waals surface area contributed by atoms with E-state index < -0.39 is 35.2 Å². The van der Waals surface area contributed by atoms with Crippen molar-refractivity contribution in [1.29, 1.82) is 0 Å². The fraction of sp³-hybridized carbons (Fsp3) is 0.250. The molecule has 4 rings (SSSR count). The number of carbonyl (C=O) groups excluding carboxylic acids is 2. The van der Waals surface area contributed by atoms with E-state index in [2.05, 4.69) is 10.1 Å². The minimum atomic E-state index is -1.33. The summed E-state index contributed by atoms with van der Waals surface area (Å²) in [5.41, 5.74) is -1.14. The number of rotatable bonds is 5. The first kappa shape index (κ1) is 28.1. The third-order valence-electron chi connectivity index (χ3n) is 5.93. The van der Waals surface area contributed by atoms with Crippen LogP contribution in [0.3, 0.4) is 0 Å². The highest BCUT2D eigenvalue weighted by Gasteiger charge is 2.32. The molecule has 0 aliphatic carbocycles. The van der Waals surface area contributed by atoms with Crippen LogP contribution < -0.4 is 4.74 Å². The maximum Gasteiger partial charge on any atom is 0.417 e. The van der Waals surface area contributed by atoms with E-state index >= 15 is 4.39 Å². The maximum atomic E-state index is 16.4. The van der Waals surface area contributed by atoms with Gasteiger partial charge in [-0.1, -0.05) is 0 Å². The third-order valence-corrected chi connectivity index (χ3v) is 5.93. The Hall–Kier alpha value is -4.87. The highest BCUT2D eigenvalue weighted by molar-refractivity contribution is 6.11. The summed E-state index contributed by atoms with van der Waals surface area (Å²) >= 11 is 0. The van der Waals surface area contributed by atoms with Crippen molar-refractivity contribution in [1.82, 2.24) is 19.5 Å². The molecular weight excluding hydrogens is 526 g/mol. The van der Waals surface area contributed by atoms with Crippen molar-refractivity contribution in [3.63, 3.8) is 0 Å². The smallest absolute Gasteiger partial charge is 0.417 e. The van der Waals surface area contributed by atoms with Gasteiger partial charge in [-0.15, -0.1) is 0 Å². The van der Waals surface area contributed by atoms with E-state index in [-0.39, 0.29) is 45.0 Å². The zero-order chi connectivity index (χ0) is 29.5. The Labute approximate surface area is 227 Å². The third kappa shape index (κ3) is 5.20. The van der Waals surface area contributed by atoms with E-state index in [1.807, 2.05) is 0 Å². The van der Waals surface area contributed by atoms with Crippen molar-refractivity contribution in [2.45, 2.75) is 33.3 Å². The quantitative estimate of drug-likeness (QED) is 0.351. The number of halogens is 2. The second kappa shape index (κ2) is 10.4. The Morgan fingerprint density at radius 2 is 1.70 bits per heavy atom. The molecule has 10 nitrogen and oxygen atoms in total. The van der Waals surface area contributed by atoms with Gasteiger partial charge in [-0.05, 0) is 64.1 Å². The first-order valence-corrected chi connectivity index (χ1v) is 12.0. The number of fused-ring (bicyclic) bond motifs is 1. The largest absolute Gasteiger partial charge is 0.480 e. The van der Waals surface area contributed by atoms with Crippen molar-refractivity contribution >= 4 is 23.5 Å². The van der Waals surface area contributed by atoms with E-state index in [0.29, 0.717) is 10.5 Å². The molecule has 0 saturated heterocycles. The van der Waals surface area contributed by atoms with Crippen molar-refractivity contribution in [3.05, 3.63) is 71.1 Å². The molecule has 0 aliphatic rings. The van der Waals surface area contributed by atoms with Crippen molar-refractivity contribution in [3.8, 4) is 28.3 Å². The van der Waals surface area contributed by atoms with Crippen LogP contribution in [0, 0.1) is 18.6 Å². The van der Waals surface area contributed by atoms with E-state index in [4.69, 9.17) is 9.47 Å². The lowest BCUT2D eigenvalue weighted by Gasteiger charge is -2.23. The van der Waals surface area contributed by atoms with Crippen molar-refractivity contribution < 1.29 is 37.7 Å². The number of benzene rings is 1. The summed E-state index contributed by atoms with van der Waals surface area (Å²) in [5.74, 6) is -3.85. The number of carboxylic acid groups (broad SMARTS) is 1. The van der Waals surface area contributed by atoms with Crippen LogP contribution >= 0.6 is 0 Å². The average molecular weight is 553 g/mol. The van der Waals surface area contributed by atoms with Gasteiger partial charge in [0.05, 0.1) is 12.7 Å². The van der Waals surface area contributed by atoms with Gasteiger partial charge in [0.2, 0.25) is 5.88 Å². The molecule has 0 atom stereocenters. The predicted molar refractivity (Wildman–Crippen MR) is 140 cm³/mol. The normalized spacial score (nSPS) is 11.4. The van der Waals surface area contributed by atoms with Crippen molar-refractivity contribution in [2.75, 3.05) is 14.2 Å². The zero-order valence-electron chi connectivity index (χ0n) is 22.6. The lowest BCUT2D eigenvalue weighted by molar-refractivity contribution is 0.0285. The molecule has 1 N–H and O–H groups in total. The fourth-order valence-electron chi connectivity index (χ4n) is 4.06. The van der Waals surface area contributed by atoms with Gasteiger partial charge in [0.1, 0.15) is 28.2 Å². The average Bonchev–Trinajstić information content (AvgIpc) is 3.27. The molecule has 0 spiro atoms. The Bertz CT molecular complexity index is 1660. The molecule has 2 amide bonds. The lowest BCUT2D eigenvalue weighted by atomic mass is 10.00. The number of nitrogens with zero attached hydrogens (tertiary/aromatic N) is 4. The van der Waals surface area contributed by atoms with E-state index in [1.54, 1.807) is 27.7 Å². The molecule has 4 aromatic rings. The van der Waals surface area contributed by atoms with Crippen molar-refractivity contribution in [2.24, 2.45) is 0 Å². The van der Waals surface area contributed by atoms with E-state index in [0.717, 1.165) is 16.6 Å². The van der Waals surface area contributed by atoms with Gasteiger partial charge < -0.3 is 14.6 Å². The van der Waals surface area contributed by atoms with E-state index in [1.165, 1.54) is 44.6 Å². The summed E-state index contributed by atoms with van der Waals surface area (Å²) in [6.07, 6.45) is 0.412. The molecule has 0 fully saturated rings. The Kier molecular flexibility index (Phi) is 7.29. The Morgan fingerprint density at radius 1 is 1.05 bits per heavy atom. The topological polar surface area (TPSA) is 123 Å². The van der Waals surface area contributed by atoms with Gasteiger partial charge in [-0.25, -0.2) is 32.8 Å². The maximum absolute atomic E-state index is 16.4. The number of aromatic nitrogens is 3. The molecule has 1 aromatic carbocycles. The number of methoxy groups -OCH3 is 1. The minimum absolute atomic E-state index is 0.00717. The molecule has 12 heteroatoms. The molecule has 208 valence electrons. The first-order chi connectivity index (χ1) is 18.7. The van der Waals surface area contributed by atoms with Crippen LogP contribution in [0.5, 0.6) is 5.88 Å². The van der Waals surface area contributed by atoms with E-state index in [9.17, 15) is 23.9 Å². The number of amides is 2. The van der Waals surface area contributed by atoms with Gasteiger partial charge in [-0.2, -0.15) is 5.10 Å². The highest BCUT2D eigenvalue weighted by atomic mass is 19.1. The van der Waals surface area contributed by atoms with Gasteiger partial charge in [0.25, 0.3) is 5.91 Å². The van der Waals surface area contributed by atoms with Crippen LogP contribution in [0.4, 0.5) is 13.6 Å². The molecule has 3 heterocycles. The number of aromatic carboxylic acids is 1. The van der Waals surface area contributed by atoms with Gasteiger partial charge >= 0.3 is 12.1 Å². The van der Waals surface area contributed by atoms with Crippen LogP contribution in [0.25, 0.3) is 27.9 Å². The Balaban J connectivity index is 1.99. The van der Waals surface area contributed by atoms with Gasteiger partial charge in [-0.3, -0.25) is 4.79 Å². The lowest BCUT2D eigenvalue weighted by Crippen LogP contribution is -2.38. The zero-order valence-corrected chi connectivity index (χ0v) is 22.6. The number of pyridine rings is 2. The minimum Gasteiger partial charge on any atom is -0.480 e. The molecule has 0 unspecified atom stereocenters. The number of hydrogen-bond acceptors (Lipinski definition) is 7. The number of imide groups is 1. The summed E-state index contributed by atoms with van der Waals surface area (Å²) in [6, 6.07) is 7.65. The number of carboxylic acids is 1. The Morgan fingerprint density at radius 3 is 2.27 bits per heavy atom. The second-order valence-corrected chi connectivity index (χ2v) is 9.89. The van der Waals surface area contributed by atoms with Gasteiger partial charge in [0, 0.05) is 35.6 Å². The SMILES string of the molecule is COc1nc(C)c(-c2ccn3nc(-c4ccc(F)cc4)c(C(=O)N(C)C(=O)OC(C)(C)C)c3c2F)cc1C(=O)O. The summed E-state index contributed by atoms with van der Waals surface area (Å²) in [4.78, 5) is 43.1. The number of aryl methyl sites for hydroxylation is 1. The van der Waals surface area contributed by atoms with Crippen LogP contribution in [-0.4, -0.2) is 62.3 Å². The molecular formula is C28H26F2N4O6. The number of ether oxygens (including phenoxy) is 2. The summed E-state index contributed by atoms with van der Waals surface area (Å²) in [6.45, 7) is 6.44. The molecule has 0 saturated carbocycles. The van der Waals surface area contributed by atoms with Gasteiger partial charge in [0.15, 0.2) is 5.82 Å². The van der Waals surface area contributed by atoms with Crippen LogP contribution in [0.1, 0.15) is 47.2 Å². The standard InChI is InChI=1S/C28H26F2N4O6/c1-14-18(13-19(26(36)37)24(31-14)39-6)17-11-12-34-23(21(17)30)20(22(32-34)15-7-9-16(29)10-8-15)25(35)33(5)27(38)40-28(2,3)4/h7-13H,1-6H3,(H,36,37). The summed E-state index contributed by atoms with van der Waals surface area (Å²) in [7, 11) is 2.45. The second-order valence-electron chi connectivity index (χ2n) is 9.89. The molecule has 3 aromatic heterocycles. The first-order valence-electron chi connectivity index (χ1n) is 12.0. The fourth-order valence-corrected chi connectivity index (χ4v) is 4.06. The highest BCUT2D eigenvalue weighted by Crippen LogP contribution is 2.35. The predicted octanol–water partition coefficient (Wildman–Crippen LogP) is 5.36. The molecule has 0 bridgehead atoms. The summed E-state index contributed by atoms with van der Waals surface area (Å²) in [5, 5.41) is 14.0. The number of carbonyl (C=O) groups is 3. The summed E-state index contributed by atoms with van der Waals surface area (Å²) < 4.78 is 41.5.